The number of fused-ring (bicyclic) bond motifs is 2. The van der Waals surface area contributed by atoms with Gasteiger partial charge in [-0.2, -0.15) is 5.26 Å². The van der Waals surface area contributed by atoms with Crippen LogP contribution in [0.4, 0.5) is 5.82 Å². The summed E-state index contributed by atoms with van der Waals surface area (Å²) in [5, 5.41) is 12.8. The van der Waals surface area contributed by atoms with E-state index >= 15 is 0 Å². The van der Waals surface area contributed by atoms with Crippen LogP contribution in [0.1, 0.15) is 36.1 Å². The molecule has 1 aliphatic heterocycles. The molecule has 0 amide bonds. The molecule has 110 valence electrons. The van der Waals surface area contributed by atoms with Gasteiger partial charge in [0.1, 0.15) is 11.9 Å². The van der Waals surface area contributed by atoms with Gasteiger partial charge in [0.25, 0.3) is 0 Å². The summed E-state index contributed by atoms with van der Waals surface area (Å²) in [6.45, 7) is 0.796. The molecule has 0 aromatic carbocycles. The minimum atomic E-state index is 0.0822. The highest BCUT2D eigenvalue weighted by Crippen LogP contribution is 2.39. The van der Waals surface area contributed by atoms with Crippen LogP contribution in [0.5, 0.6) is 0 Å². The van der Waals surface area contributed by atoms with Gasteiger partial charge in [-0.15, -0.1) is 0 Å². The highest BCUT2D eigenvalue weighted by molar-refractivity contribution is 5.56. The molecule has 1 aromatic rings. The lowest BCUT2D eigenvalue weighted by Gasteiger charge is -2.46. The Balaban J connectivity index is 1.61. The van der Waals surface area contributed by atoms with Gasteiger partial charge in [0, 0.05) is 24.3 Å². The lowest BCUT2D eigenvalue weighted by atomic mass is 9.72. The molecule has 4 rings (SSSR count). The van der Waals surface area contributed by atoms with Gasteiger partial charge < -0.3 is 15.8 Å². The van der Waals surface area contributed by atoms with E-state index in [0.29, 0.717) is 17.3 Å². The number of nitrogens with zero attached hydrogens (tertiary/aromatic N) is 2. The van der Waals surface area contributed by atoms with Crippen LogP contribution >= 0.6 is 0 Å². The number of aromatic nitrogens is 1. The molecule has 0 radical (unpaired) electrons. The Hall–Kier alpha value is -1.64. The van der Waals surface area contributed by atoms with Gasteiger partial charge in [0.05, 0.1) is 17.7 Å². The second kappa shape index (κ2) is 4.97. The van der Waals surface area contributed by atoms with Gasteiger partial charge in [-0.25, -0.2) is 4.98 Å². The van der Waals surface area contributed by atoms with E-state index in [0.717, 1.165) is 31.6 Å². The molecule has 0 bridgehead atoms. The number of nitriles is 1. The molecule has 0 spiro atoms. The molecule has 5 nitrogen and oxygen atoms in total. The summed E-state index contributed by atoms with van der Waals surface area (Å²) in [7, 11) is 0. The number of aryl methyl sites for hydroxylation is 2. The zero-order valence-electron chi connectivity index (χ0n) is 12.0. The minimum Gasteiger partial charge on any atom is -0.376 e. The summed E-state index contributed by atoms with van der Waals surface area (Å²) in [5.41, 5.74) is 9.23. The van der Waals surface area contributed by atoms with Gasteiger partial charge in [-0.1, -0.05) is 0 Å². The molecule has 4 atom stereocenters. The van der Waals surface area contributed by atoms with Crippen molar-refractivity contribution in [3.05, 3.63) is 22.9 Å². The van der Waals surface area contributed by atoms with Gasteiger partial charge in [-0.05, 0) is 43.7 Å². The lowest BCUT2D eigenvalue weighted by Crippen LogP contribution is -2.65. The number of pyridine rings is 1. The Morgan fingerprint density at radius 3 is 3.10 bits per heavy atom. The zero-order valence-corrected chi connectivity index (χ0v) is 12.0. The van der Waals surface area contributed by atoms with E-state index in [1.54, 1.807) is 0 Å². The van der Waals surface area contributed by atoms with Crippen molar-refractivity contribution in [2.45, 2.75) is 50.3 Å². The smallest absolute Gasteiger partial charge is 0.144 e. The summed E-state index contributed by atoms with van der Waals surface area (Å²) in [5.74, 6) is 1.15. The SMILES string of the molecule is N#Cc1cc2c(nc1NC1C(N)C3CCOC31)CCCC2. The van der Waals surface area contributed by atoms with Crippen molar-refractivity contribution in [3.8, 4) is 6.07 Å². The van der Waals surface area contributed by atoms with Gasteiger partial charge in [0.15, 0.2) is 0 Å². The van der Waals surface area contributed by atoms with Crippen molar-refractivity contribution in [1.29, 1.82) is 5.26 Å². The maximum Gasteiger partial charge on any atom is 0.144 e. The first kappa shape index (κ1) is 13.1. The summed E-state index contributed by atoms with van der Waals surface area (Å²) in [4.78, 5) is 4.71. The molecule has 3 N–H and O–H groups in total. The van der Waals surface area contributed by atoms with Crippen LogP contribution in [0.25, 0.3) is 0 Å². The topological polar surface area (TPSA) is 84.0 Å². The Morgan fingerprint density at radius 2 is 2.24 bits per heavy atom. The third kappa shape index (κ3) is 2.02. The number of nitrogens with two attached hydrogens (primary N) is 1. The van der Waals surface area contributed by atoms with Crippen molar-refractivity contribution in [1.82, 2.24) is 4.98 Å². The Bertz CT molecular complexity index is 609. The average Bonchev–Trinajstić information content (AvgIpc) is 2.96. The van der Waals surface area contributed by atoms with Crippen LogP contribution in [0.3, 0.4) is 0 Å². The third-order valence-electron chi connectivity index (χ3n) is 5.17. The van der Waals surface area contributed by atoms with Gasteiger partial charge >= 0.3 is 0 Å². The zero-order chi connectivity index (χ0) is 14.4. The first-order chi connectivity index (χ1) is 10.3. The number of hydrogen-bond acceptors (Lipinski definition) is 5. The first-order valence-corrected chi connectivity index (χ1v) is 7.84. The molecule has 5 heteroatoms. The van der Waals surface area contributed by atoms with E-state index in [-0.39, 0.29) is 18.2 Å². The van der Waals surface area contributed by atoms with Crippen LogP contribution < -0.4 is 11.1 Å². The van der Waals surface area contributed by atoms with E-state index in [1.807, 2.05) is 6.07 Å². The predicted octanol–water partition coefficient (Wildman–Crippen LogP) is 1.36. The molecule has 3 aliphatic rings. The van der Waals surface area contributed by atoms with E-state index in [2.05, 4.69) is 11.4 Å². The summed E-state index contributed by atoms with van der Waals surface area (Å²) in [6.07, 6.45) is 5.65. The molecule has 2 heterocycles. The van der Waals surface area contributed by atoms with E-state index < -0.39 is 0 Å². The summed E-state index contributed by atoms with van der Waals surface area (Å²) >= 11 is 0. The van der Waals surface area contributed by atoms with E-state index in [4.69, 9.17) is 15.5 Å². The van der Waals surface area contributed by atoms with Crippen LogP contribution in [0.15, 0.2) is 6.07 Å². The molecule has 21 heavy (non-hydrogen) atoms. The van der Waals surface area contributed by atoms with Gasteiger partial charge in [-0.3, -0.25) is 0 Å². The molecular formula is C16H20N4O. The Labute approximate surface area is 124 Å². The number of rotatable bonds is 2. The molecule has 1 saturated carbocycles. The maximum absolute atomic E-state index is 9.38. The second-order valence-electron chi connectivity index (χ2n) is 6.34. The molecule has 2 aliphatic carbocycles. The third-order valence-corrected chi connectivity index (χ3v) is 5.17. The van der Waals surface area contributed by atoms with Gasteiger partial charge in [0.2, 0.25) is 0 Å². The Morgan fingerprint density at radius 1 is 1.38 bits per heavy atom. The quantitative estimate of drug-likeness (QED) is 0.856. The first-order valence-electron chi connectivity index (χ1n) is 7.84. The molecule has 1 aromatic heterocycles. The fourth-order valence-electron chi connectivity index (χ4n) is 3.91. The van der Waals surface area contributed by atoms with E-state index in [9.17, 15) is 5.26 Å². The van der Waals surface area contributed by atoms with E-state index in [1.165, 1.54) is 18.4 Å². The Kier molecular flexibility index (Phi) is 3.09. The predicted molar refractivity (Wildman–Crippen MR) is 78.8 cm³/mol. The van der Waals surface area contributed by atoms with Crippen molar-refractivity contribution in [3.63, 3.8) is 0 Å². The summed E-state index contributed by atoms with van der Waals surface area (Å²) in [6, 6.07) is 4.45. The van der Waals surface area contributed by atoms with Crippen molar-refractivity contribution >= 4 is 5.82 Å². The minimum absolute atomic E-state index is 0.0822. The van der Waals surface area contributed by atoms with Crippen LogP contribution in [-0.4, -0.2) is 29.8 Å². The fraction of sp³-hybridized carbons (Fsp3) is 0.625. The van der Waals surface area contributed by atoms with Crippen LogP contribution in [-0.2, 0) is 17.6 Å². The normalized spacial score (nSPS) is 33.5. The molecule has 4 unspecified atom stereocenters. The second-order valence-corrected chi connectivity index (χ2v) is 6.34. The van der Waals surface area contributed by atoms with Crippen molar-refractivity contribution in [2.24, 2.45) is 11.7 Å². The fourth-order valence-corrected chi connectivity index (χ4v) is 3.91. The molecule has 1 saturated heterocycles. The number of ether oxygens (including phenoxy) is 1. The monoisotopic (exact) mass is 284 g/mol. The van der Waals surface area contributed by atoms with Crippen molar-refractivity contribution < 1.29 is 4.74 Å². The standard InChI is InChI=1S/C16H20N4O/c17-8-10-7-9-3-1-2-4-12(9)19-16(10)20-14-13(18)11-5-6-21-15(11)14/h7,11,13-15H,1-6,18H2,(H,19,20). The molecule has 2 fully saturated rings. The largest absolute Gasteiger partial charge is 0.376 e. The number of anilines is 1. The van der Waals surface area contributed by atoms with Crippen LogP contribution in [0, 0.1) is 17.2 Å². The average molecular weight is 284 g/mol. The number of hydrogen-bond donors (Lipinski definition) is 2. The highest BCUT2D eigenvalue weighted by atomic mass is 16.5. The van der Waals surface area contributed by atoms with Crippen LogP contribution in [0.2, 0.25) is 0 Å². The highest BCUT2D eigenvalue weighted by Gasteiger charge is 2.52. The van der Waals surface area contributed by atoms with Crippen molar-refractivity contribution in [2.75, 3.05) is 11.9 Å². The lowest BCUT2D eigenvalue weighted by molar-refractivity contribution is 0.00522. The number of nitrogens with one attached hydrogen (secondary N) is 1. The maximum atomic E-state index is 9.38. The summed E-state index contributed by atoms with van der Waals surface area (Å²) < 4.78 is 5.74. The molecular weight excluding hydrogens is 264 g/mol.